The molecule has 7 heterocycles. The van der Waals surface area contributed by atoms with Crippen LogP contribution in [0.2, 0.25) is 0 Å². The van der Waals surface area contributed by atoms with Crippen molar-refractivity contribution in [2.45, 2.75) is 154 Å². The number of allylic oxidation sites excluding steroid dienone is 4. The molecule has 3 aliphatic carbocycles. The number of methoxy groups -OCH3 is 1. The van der Waals surface area contributed by atoms with E-state index in [1.807, 2.05) is 4.90 Å². The molecular weight excluding hydrogens is 1090 g/mol. The lowest BCUT2D eigenvalue weighted by Gasteiger charge is -2.39. The molecule has 1 amide bonds. The van der Waals surface area contributed by atoms with Crippen LogP contribution in [0, 0.1) is 43.3 Å². The van der Waals surface area contributed by atoms with Crippen LogP contribution in [0.4, 0.5) is 10.1 Å². The van der Waals surface area contributed by atoms with Crippen molar-refractivity contribution in [2.24, 2.45) is 29.4 Å². The number of aromatic carboxylic acids is 1. The van der Waals surface area contributed by atoms with Crippen LogP contribution in [0.25, 0.3) is 5.52 Å². The number of nitrogens with one attached hydrogen (secondary N) is 2. The summed E-state index contributed by atoms with van der Waals surface area (Å²) in [7, 11) is 1.38. The average Bonchev–Trinajstić information content (AvgIpc) is 1.55. The Morgan fingerprint density at radius 3 is 2.20 bits per heavy atom. The van der Waals surface area contributed by atoms with Gasteiger partial charge in [-0.25, -0.2) is 9.18 Å². The number of phenols is 1. The number of nitrogens with two attached hydrogens (primary N) is 1. The number of carboxylic acids is 1. The predicted octanol–water partition coefficient (Wildman–Crippen LogP) is 5.40. The highest BCUT2D eigenvalue weighted by atomic mass is 19.1. The molecule has 10 atom stereocenters. The van der Waals surface area contributed by atoms with Gasteiger partial charge in [-0.1, -0.05) is 39.0 Å². The number of aromatic nitrogens is 1. The quantitative estimate of drug-likeness (QED) is 0.132. The number of hydrogen-bond acceptors (Lipinski definition) is 18. The summed E-state index contributed by atoms with van der Waals surface area (Å²) < 4.78 is 41.1. The first-order chi connectivity index (χ1) is 39.7. The molecule has 2 aromatic heterocycles. The number of fused-ring (bicyclic) bond motifs is 15. The summed E-state index contributed by atoms with van der Waals surface area (Å²) in [6, 6.07) is 0.164. The topological polar surface area (TPSA) is 298 Å². The highest BCUT2D eigenvalue weighted by Gasteiger charge is 2.55. The lowest BCUT2D eigenvalue weighted by Crippen LogP contribution is -2.55. The summed E-state index contributed by atoms with van der Waals surface area (Å²) in [6.07, 6.45) is 8.77. The third-order valence-corrected chi connectivity index (χ3v) is 18.7. The number of nitrogens with zero attached hydrogens (tertiary/aromatic N) is 3. The number of halogens is 1. The number of carbonyl (C=O) groups excluding carboxylic acids is 5. The molecule has 5 bridgehead atoms. The number of aliphatic hydroxyl groups is 2. The first-order valence-corrected chi connectivity index (χ1v) is 28.9. The fourth-order valence-corrected chi connectivity index (χ4v) is 13.5. The minimum atomic E-state index is -2.17. The maximum absolute atomic E-state index is 16.3. The van der Waals surface area contributed by atoms with Gasteiger partial charge in [-0.05, 0) is 101 Å². The van der Waals surface area contributed by atoms with Gasteiger partial charge in [0.1, 0.15) is 34.6 Å². The Hall–Kier alpha value is -7.24. The fraction of sp³-hybridized carbons (Fsp3) is 0.532. The molecule has 2 saturated heterocycles. The molecule has 11 rings (SSSR count). The number of ketones is 3. The molecule has 0 radical (unpaired) electrons. The summed E-state index contributed by atoms with van der Waals surface area (Å²) in [5.41, 5.74) is 5.70. The number of benzene rings is 1. The number of esters is 1. The van der Waals surface area contributed by atoms with E-state index in [-0.39, 0.29) is 70.2 Å². The average molecular weight is 1160 g/mol. The first-order valence-electron chi connectivity index (χ1n) is 28.9. The molecule has 84 heavy (non-hydrogen) atoms. The Morgan fingerprint density at radius 1 is 0.893 bits per heavy atom. The molecule has 450 valence electrons. The zero-order valence-electron chi connectivity index (χ0n) is 48.7. The Balaban J connectivity index is 0.939. The van der Waals surface area contributed by atoms with Gasteiger partial charge in [0.15, 0.2) is 5.82 Å². The number of rotatable bonds is 9. The first kappa shape index (κ1) is 59.9. The highest BCUT2D eigenvalue weighted by molar-refractivity contribution is 6.32. The number of carboxylic acid groups (broad SMARTS) is 1. The van der Waals surface area contributed by atoms with Crippen molar-refractivity contribution < 1.29 is 72.5 Å². The maximum atomic E-state index is 16.3. The van der Waals surface area contributed by atoms with Crippen LogP contribution < -0.4 is 31.6 Å². The van der Waals surface area contributed by atoms with Crippen LogP contribution in [0.15, 0.2) is 64.6 Å². The maximum Gasteiger partial charge on any atom is 0.341 e. The van der Waals surface area contributed by atoms with Crippen LogP contribution in [-0.2, 0) is 23.8 Å². The van der Waals surface area contributed by atoms with E-state index < -0.39 is 123 Å². The number of anilines is 1. The van der Waals surface area contributed by atoms with Crippen LogP contribution in [0.3, 0.4) is 0 Å². The summed E-state index contributed by atoms with van der Waals surface area (Å²) in [6.45, 7) is 13.7. The monoisotopic (exact) mass is 1160 g/mol. The van der Waals surface area contributed by atoms with Crippen LogP contribution >= 0.6 is 0 Å². The van der Waals surface area contributed by atoms with Gasteiger partial charge in [0.2, 0.25) is 11.6 Å². The molecule has 5 aliphatic heterocycles. The van der Waals surface area contributed by atoms with Gasteiger partial charge in [0, 0.05) is 87.6 Å². The molecule has 1 aromatic carbocycles. The van der Waals surface area contributed by atoms with E-state index in [0.29, 0.717) is 42.7 Å². The molecule has 22 heteroatoms. The van der Waals surface area contributed by atoms with Crippen molar-refractivity contribution in [1.29, 1.82) is 0 Å². The Bertz CT molecular complexity index is 3460. The summed E-state index contributed by atoms with van der Waals surface area (Å²) in [5, 5.41) is 51.3. The lowest BCUT2D eigenvalue weighted by atomic mass is 9.81. The zero-order chi connectivity index (χ0) is 60.8. The number of likely N-dealkylation sites (tertiary alicyclic amines) is 1. The summed E-state index contributed by atoms with van der Waals surface area (Å²) in [5.74, 6) is -11.0. The van der Waals surface area contributed by atoms with Crippen molar-refractivity contribution >= 4 is 46.4 Å². The molecule has 8 aliphatic rings. The van der Waals surface area contributed by atoms with Crippen LogP contribution in [0.5, 0.6) is 11.5 Å². The number of pyridine rings is 2. The fourth-order valence-electron chi connectivity index (χ4n) is 13.5. The van der Waals surface area contributed by atoms with Crippen molar-refractivity contribution in [3.05, 3.63) is 115 Å². The number of aryl methyl sites for hydroxylation is 1. The molecular formula is C62H75FN6O15. The lowest BCUT2D eigenvalue weighted by molar-refractivity contribution is -0.156. The van der Waals surface area contributed by atoms with E-state index in [4.69, 9.17) is 24.7 Å². The number of aromatic hydroxyl groups is 1. The van der Waals surface area contributed by atoms with Gasteiger partial charge < -0.3 is 65.5 Å². The molecule has 21 nitrogen and oxygen atoms in total. The van der Waals surface area contributed by atoms with Crippen molar-refractivity contribution in [2.75, 3.05) is 38.2 Å². The van der Waals surface area contributed by atoms with Crippen molar-refractivity contribution in [1.82, 2.24) is 19.9 Å². The number of phenolic OH excluding ortho intramolecular Hbond substituents is 1. The largest absolute Gasteiger partial charge is 0.507 e. The van der Waals surface area contributed by atoms with E-state index in [2.05, 4.69) is 10.6 Å². The minimum Gasteiger partial charge on any atom is -0.507 e. The molecule has 4 fully saturated rings. The van der Waals surface area contributed by atoms with E-state index >= 15 is 14.0 Å². The normalized spacial score (nSPS) is 30.9. The van der Waals surface area contributed by atoms with Gasteiger partial charge in [0.25, 0.3) is 17.2 Å². The van der Waals surface area contributed by atoms with Gasteiger partial charge in [-0.15, -0.1) is 0 Å². The van der Waals surface area contributed by atoms with Gasteiger partial charge in [-0.2, -0.15) is 0 Å². The standard InChI is InChI=1S/C62H75FN6O15/c1-28-11-10-12-29(2)58(77)65-46-49(67-22-16-37(17-23-67)66-62(19-20-62)36-15-21-68(26-36)48-31(4)47-38(35-13-14-35)25-39(60(79)80)59(78)69(47)27-40(48)63)54(75)42-43(53(46)74)51(72)33(6)55-44(42)57(76)61(8,84-55)82-24-18-41(81-9)30(3)56(83-34(7)70)45(64)52(73)32(5)50(28)71/h10-12,18,24-25,27-28,30,32,35-37,41,45,50,52,56,66,71-73H,13-17,19-23,26,64H2,1-9H3,(H,65,77)(H,79,80)/b11-10+,24-18+,29-12-/t28-,30+,32+,36?,41-,45+,50-,52+,56+,61-/m0/s1. The van der Waals surface area contributed by atoms with Crippen LogP contribution in [-0.4, -0.2) is 146 Å². The van der Waals surface area contributed by atoms with Crippen LogP contribution in [0.1, 0.15) is 151 Å². The van der Waals surface area contributed by atoms with Crippen molar-refractivity contribution in [3.63, 3.8) is 0 Å². The number of Topliss-reactive ketones (excluding diaryl/α,β-unsaturated/α-hetero) is 3. The molecule has 8 N–H and O–H groups in total. The van der Waals surface area contributed by atoms with Gasteiger partial charge in [-0.3, -0.25) is 33.2 Å². The SMILES string of the molecule is CO[C@H]1/C=C/O[C@@]2(C)Oc3c(C)c(O)c4c(c3C2=O)C(=O)C(N2CCC(NC3(C5CCN(c6c(F)cn7c(=O)c(C(=O)O)cc(C8CC8)c7c6C)C5)CC3)CC2)=C(NC(=O)/C(C)=C\C=C\[C@H](C)[C@H](O)[C@@H](C)[C@@H](O)[C@@H](N)[C@H](OC(C)=O)[C@@H]1C)C4=O. The predicted molar refractivity (Wildman–Crippen MR) is 304 cm³/mol. The summed E-state index contributed by atoms with van der Waals surface area (Å²) >= 11 is 0. The van der Waals surface area contributed by atoms with E-state index in [0.717, 1.165) is 54.5 Å². The molecule has 3 aromatic rings. The van der Waals surface area contributed by atoms with Gasteiger partial charge in [0.05, 0.1) is 64.7 Å². The molecule has 1 unspecified atom stereocenters. The minimum absolute atomic E-state index is 0.0412. The number of amides is 1. The Morgan fingerprint density at radius 2 is 1.57 bits per heavy atom. The molecule has 0 spiro atoms. The van der Waals surface area contributed by atoms with E-state index in [1.165, 1.54) is 59.1 Å². The van der Waals surface area contributed by atoms with E-state index in [1.54, 1.807) is 38.7 Å². The van der Waals surface area contributed by atoms with E-state index in [9.17, 15) is 44.4 Å². The second kappa shape index (κ2) is 22.6. The molecule has 2 saturated carbocycles. The number of hydrogen-bond donors (Lipinski definition) is 7. The van der Waals surface area contributed by atoms with Crippen molar-refractivity contribution in [3.8, 4) is 11.5 Å². The smallest absolute Gasteiger partial charge is 0.341 e. The second-order valence-corrected chi connectivity index (χ2v) is 24.3. The summed E-state index contributed by atoms with van der Waals surface area (Å²) in [4.78, 5) is 101. The zero-order valence-corrected chi connectivity index (χ0v) is 48.7. The second-order valence-electron chi connectivity index (χ2n) is 24.3. The third kappa shape index (κ3) is 10.5. The highest BCUT2D eigenvalue weighted by Crippen LogP contribution is 2.51. The number of piperidine rings is 1. The Labute approximate surface area is 485 Å². The number of ether oxygens (including phenoxy) is 4. The number of carbonyl (C=O) groups is 6. The Kier molecular flexibility index (Phi) is 16.1. The third-order valence-electron chi connectivity index (χ3n) is 18.7. The number of aliphatic hydroxyl groups excluding tert-OH is 2. The van der Waals surface area contributed by atoms with Gasteiger partial charge >= 0.3 is 17.7 Å².